The Morgan fingerprint density at radius 1 is 1.40 bits per heavy atom. The summed E-state index contributed by atoms with van der Waals surface area (Å²) in [5, 5.41) is 0.389. The Bertz CT molecular complexity index is 466. The first kappa shape index (κ1) is 12.2. The number of hydrogen-bond acceptors (Lipinski definition) is 3. The molecule has 0 aliphatic rings. The number of carbonyl (C=O) groups is 1. The van der Waals surface area contributed by atoms with Crippen LogP contribution in [0.1, 0.15) is 12.0 Å². The minimum absolute atomic E-state index is 0.197. The van der Waals surface area contributed by atoms with Crippen LogP contribution in [-0.2, 0) is 21.1 Å². The summed E-state index contributed by atoms with van der Waals surface area (Å²) in [6.07, 6.45) is 2.86. The summed E-state index contributed by atoms with van der Waals surface area (Å²) < 4.78 is 22.4. The number of benzene rings is 1. The molecule has 5 heteroatoms. The maximum atomic E-state index is 11.2. The highest BCUT2D eigenvalue weighted by Crippen LogP contribution is 2.21. The van der Waals surface area contributed by atoms with Gasteiger partial charge in [-0.25, -0.2) is 8.42 Å². The zero-order chi connectivity index (χ0) is 11.5. The van der Waals surface area contributed by atoms with Gasteiger partial charge in [-0.15, -0.1) is 0 Å². The third-order valence-corrected chi connectivity index (χ3v) is 3.45. The molecule has 0 bridgehead atoms. The molecule has 0 aliphatic heterocycles. The molecule has 0 radical (unpaired) electrons. The van der Waals surface area contributed by atoms with Gasteiger partial charge in [-0.3, -0.25) is 0 Å². The molecule has 0 aliphatic carbocycles. The summed E-state index contributed by atoms with van der Waals surface area (Å²) in [7, 11) is -3.22. The van der Waals surface area contributed by atoms with Gasteiger partial charge in [0, 0.05) is 17.7 Å². The number of halogens is 1. The molecule has 0 fully saturated rings. The minimum Gasteiger partial charge on any atom is -0.303 e. The molecule has 0 atom stereocenters. The topological polar surface area (TPSA) is 51.2 Å². The van der Waals surface area contributed by atoms with Crippen molar-refractivity contribution < 1.29 is 13.2 Å². The summed E-state index contributed by atoms with van der Waals surface area (Å²) >= 11 is 5.89. The van der Waals surface area contributed by atoms with Gasteiger partial charge < -0.3 is 4.79 Å². The van der Waals surface area contributed by atoms with Gasteiger partial charge >= 0.3 is 0 Å². The molecule has 0 saturated heterocycles. The average molecular weight is 247 g/mol. The van der Waals surface area contributed by atoms with E-state index in [9.17, 15) is 13.2 Å². The highest BCUT2D eigenvalue weighted by atomic mass is 35.5. The highest BCUT2D eigenvalue weighted by molar-refractivity contribution is 7.90. The van der Waals surface area contributed by atoms with E-state index in [4.69, 9.17) is 11.6 Å². The number of sulfone groups is 1. The zero-order valence-electron chi connectivity index (χ0n) is 8.23. The maximum absolute atomic E-state index is 11.2. The van der Waals surface area contributed by atoms with Crippen LogP contribution in [-0.4, -0.2) is 21.0 Å². The van der Waals surface area contributed by atoms with Crippen molar-refractivity contribution in [3.05, 3.63) is 28.8 Å². The molecule has 0 N–H and O–H groups in total. The minimum atomic E-state index is -3.22. The molecule has 0 saturated carbocycles. The second kappa shape index (κ2) is 4.77. The van der Waals surface area contributed by atoms with Crippen molar-refractivity contribution in [3.63, 3.8) is 0 Å². The van der Waals surface area contributed by atoms with Crippen LogP contribution in [0.2, 0.25) is 5.02 Å². The largest absolute Gasteiger partial charge is 0.303 e. The lowest BCUT2D eigenvalue weighted by Crippen LogP contribution is -1.98. The van der Waals surface area contributed by atoms with E-state index < -0.39 is 9.84 Å². The van der Waals surface area contributed by atoms with Gasteiger partial charge in [-0.1, -0.05) is 17.7 Å². The van der Waals surface area contributed by atoms with Crippen LogP contribution in [0.4, 0.5) is 0 Å². The molecule has 0 aromatic heterocycles. The summed E-state index contributed by atoms with van der Waals surface area (Å²) in [5.41, 5.74) is 0.788. The Morgan fingerprint density at radius 2 is 2.07 bits per heavy atom. The van der Waals surface area contributed by atoms with Crippen LogP contribution < -0.4 is 0 Å². The number of carbonyl (C=O) groups excluding carboxylic acids is 1. The quantitative estimate of drug-likeness (QED) is 0.763. The lowest BCUT2D eigenvalue weighted by molar-refractivity contribution is -0.107. The van der Waals surface area contributed by atoms with E-state index in [1.165, 1.54) is 12.1 Å². The van der Waals surface area contributed by atoms with E-state index in [1.807, 2.05) is 0 Å². The lowest BCUT2D eigenvalue weighted by Gasteiger charge is -2.04. The fourth-order valence-corrected chi connectivity index (χ4v) is 2.16. The predicted octanol–water partition coefficient (Wildman–Crippen LogP) is 1.88. The third-order valence-electron chi connectivity index (χ3n) is 1.98. The molecular formula is C10H11ClO3S. The molecule has 82 valence electrons. The van der Waals surface area contributed by atoms with Crippen molar-refractivity contribution in [3.8, 4) is 0 Å². The van der Waals surface area contributed by atoms with Crippen molar-refractivity contribution >= 4 is 27.7 Å². The Hall–Kier alpha value is -0.870. The summed E-state index contributed by atoms with van der Waals surface area (Å²) in [4.78, 5) is 10.4. The van der Waals surface area contributed by atoms with Crippen molar-refractivity contribution in [1.29, 1.82) is 0 Å². The molecule has 0 amide bonds. The molecule has 1 aromatic rings. The zero-order valence-corrected chi connectivity index (χ0v) is 9.81. The Labute approximate surface area is 94.0 Å². The van der Waals surface area contributed by atoms with E-state index in [0.717, 1.165) is 18.1 Å². The van der Waals surface area contributed by atoms with Crippen LogP contribution in [0, 0.1) is 0 Å². The van der Waals surface area contributed by atoms with Gasteiger partial charge in [-0.05, 0) is 24.1 Å². The number of aldehydes is 1. The van der Waals surface area contributed by atoms with Crippen LogP contribution in [0.3, 0.4) is 0 Å². The molecule has 0 spiro atoms. The van der Waals surface area contributed by atoms with Crippen molar-refractivity contribution in [1.82, 2.24) is 0 Å². The lowest BCUT2D eigenvalue weighted by atomic mass is 10.1. The molecule has 3 nitrogen and oxygen atoms in total. The Kier molecular flexibility index (Phi) is 3.88. The van der Waals surface area contributed by atoms with Gasteiger partial charge in [0.25, 0.3) is 0 Å². The summed E-state index contributed by atoms with van der Waals surface area (Å²) in [6.45, 7) is 0. The highest BCUT2D eigenvalue weighted by Gasteiger charge is 2.09. The van der Waals surface area contributed by atoms with Gasteiger partial charge in [-0.2, -0.15) is 0 Å². The van der Waals surface area contributed by atoms with E-state index in [2.05, 4.69) is 0 Å². The molecule has 0 unspecified atom stereocenters. The fourth-order valence-electron chi connectivity index (χ4n) is 1.18. The van der Waals surface area contributed by atoms with Gasteiger partial charge in [0.05, 0.1) is 4.90 Å². The maximum Gasteiger partial charge on any atom is 0.175 e. The van der Waals surface area contributed by atoms with Crippen molar-refractivity contribution in [2.45, 2.75) is 17.7 Å². The monoisotopic (exact) mass is 246 g/mol. The third kappa shape index (κ3) is 3.32. The van der Waals surface area contributed by atoms with E-state index in [-0.39, 0.29) is 4.90 Å². The Morgan fingerprint density at radius 3 is 2.53 bits per heavy atom. The van der Waals surface area contributed by atoms with E-state index in [0.29, 0.717) is 17.9 Å². The molecular weight excluding hydrogens is 236 g/mol. The average Bonchev–Trinajstić information content (AvgIpc) is 2.14. The van der Waals surface area contributed by atoms with E-state index in [1.54, 1.807) is 6.07 Å². The standard InChI is InChI=1S/C10H11ClO3S/c1-15(13,14)9-5-4-8(3-2-6-12)10(11)7-9/h4-7H,2-3H2,1H3. The molecule has 0 heterocycles. The first-order valence-electron chi connectivity index (χ1n) is 4.37. The Balaban J connectivity index is 3.03. The SMILES string of the molecule is CS(=O)(=O)c1ccc(CCC=O)c(Cl)c1. The first-order valence-corrected chi connectivity index (χ1v) is 6.64. The molecule has 15 heavy (non-hydrogen) atoms. The van der Waals surface area contributed by atoms with Gasteiger partial charge in [0.1, 0.15) is 6.29 Å². The van der Waals surface area contributed by atoms with Crippen LogP contribution in [0.15, 0.2) is 23.1 Å². The predicted molar refractivity (Wildman–Crippen MR) is 58.9 cm³/mol. The second-order valence-corrected chi connectivity index (χ2v) is 5.65. The van der Waals surface area contributed by atoms with Crippen LogP contribution >= 0.6 is 11.6 Å². The van der Waals surface area contributed by atoms with Crippen molar-refractivity contribution in [2.75, 3.05) is 6.26 Å². The van der Waals surface area contributed by atoms with Crippen LogP contribution in [0.25, 0.3) is 0 Å². The van der Waals surface area contributed by atoms with Gasteiger partial charge in [0.15, 0.2) is 9.84 Å². The normalized spacial score (nSPS) is 11.3. The fraction of sp³-hybridized carbons (Fsp3) is 0.300. The molecule has 1 aromatic carbocycles. The number of aryl methyl sites for hydroxylation is 1. The summed E-state index contributed by atoms with van der Waals surface area (Å²) in [5.74, 6) is 0. The first-order chi connectivity index (χ1) is 6.95. The van der Waals surface area contributed by atoms with Crippen LogP contribution in [0.5, 0.6) is 0 Å². The van der Waals surface area contributed by atoms with Gasteiger partial charge in [0.2, 0.25) is 0 Å². The number of rotatable bonds is 4. The number of hydrogen-bond donors (Lipinski definition) is 0. The van der Waals surface area contributed by atoms with Crippen molar-refractivity contribution in [2.24, 2.45) is 0 Å². The second-order valence-electron chi connectivity index (χ2n) is 3.23. The van der Waals surface area contributed by atoms with E-state index >= 15 is 0 Å². The molecule has 1 rings (SSSR count). The smallest absolute Gasteiger partial charge is 0.175 e. The summed E-state index contributed by atoms with van der Waals surface area (Å²) in [6, 6.07) is 4.56.